The fraction of sp³-hybridized carbons (Fsp3) is 0.0909. The van der Waals surface area contributed by atoms with Gasteiger partial charge in [-0.2, -0.15) is 0 Å². The molecule has 4 nitrogen and oxygen atoms in total. The Balaban J connectivity index is 1.42. The Morgan fingerprint density at radius 3 is 2.30 bits per heavy atom. The summed E-state index contributed by atoms with van der Waals surface area (Å²) >= 11 is 5.95. The maximum Gasteiger partial charge on any atom is 0.137 e. The van der Waals surface area contributed by atoms with Crippen LogP contribution in [-0.2, 0) is 6.42 Å². The minimum absolute atomic E-state index is 0.707. The summed E-state index contributed by atoms with van der Waals surface area (Å²) < 4.78 is 0. The van der Waals surface area contributed by atoms with Crippen LogP contribution in [0.1, 0.15) is 5.56 Å². The lowest BCUT2D eigenvalue weighted by atomic mass is 10.0. The average Bonchev–Trinajstić information content (AvgIpc) is 2.69. The predicted molar refractivity (Wildman–Crippen MR) is 113 cm³/mol. The summed E-state index contributed by atoms with van der Waals surface area (Å²) in [5, 5.41) is 5.09. The Morgan fingerprint density at radius 1 is 0.852 bits per heavy atom. The Kier molecular flexibility index (Phi) is 4.90. The minimum Gasteiger partial charge on any atom is -0.399 e. The second kappa shape index (κ2) is 7.64. The third kappa shape index (κ3) is 4.01. The van der Waals surface area contributed by atoms with E-state index in [4.69, 9.17) is 17.3 Å². The minimum atomic E-state index is 0.707. The summed E-state index contributed by atoms with van der Waals surface area (Å²) in [6.07, 6.45) is 2.47. The van der Waals surface area contributed by atoms with Gasteiger partial charge in [-0.1, -0.05) is 48.0 Å². The van der Waals surface area contributed by atoms with Crippen LogP contribution in [-0.4, -0.2) is 16.5 Å². The van der Waals surface area contributed by atoms with Crippen molar-refractivity contribution in [2.24, 2.45) is 0 Å². The van der Waals surface area contributed by atoms with E-state index in [-0.39, 0.29) is 0 Å². The fourth-order valence-corrected chi connectivity index (χ4v) is 3.17. The van der Waals surface area contributed by atoms with Crippen molar-refractivity contribution in [3.63, 3.8) is 0 Å². The number of nitrogens with two attached hydrogens (primary N) is 1. The van der Waals surface area contributed by atoms with Crippen LogP contribution in [0.3, 0.4) is 0 Å². The third-order valence-corrected chi connectivity index (χ3v) is 4.75. The lowest BCUT2D eigenvalue weighted by Crippen LogP contribution is -2.07. The van der Waals surface area contributed by atoms with Crippen LogP contribution in [0.5, 0.6) is 0 Å². The van der Waals surface area contributed by atoms with E-state index in [1.54, 1.807) is 6.33 Å². The number of nitrogens with one attached hydrogen (secondary N) is 1. The number of nitrogen functional groups attached to an aromatic ring is 1. The number of halogens is 1. The summed E-state index contributed by atoms with van der Waals surface area (Å²) in [5.74, 6) is 0.810. The maximum absolute atomic E-state index is 5.95. The van der Waals surface area contributed by atoms with Gasteiger partial charge in [0.15, 0.2) is 0 Å². The van der Waals surface area contributed by atoms with Crippen molar-refractivity contribution in [3.8, 4) is 11.1 Å². The number of aromatic nitrogens is 2. The first-order valence-electron chi connectivity index (χ1n) is 8.78. The zero-order valence-electron chi connectivity index (χ0n) is 14.7. The highest BCUT2D eigenvalue weighted by Crippen LogP contribution is 2.23. The summed E-state index contributed by atoms with van der Waals surface area (Å²) in [6.45, 7) is 0.779. The summed E-state index contributed by atoms with van der Waals surface area (Å²) in [4.78, 5) is 8.63. The van der Waals surface area contributed by atoms with Gasteiger partial charge in [0.25, 0.3) is 0 Å². The highest BCUT2D eigenvalue weighted by molar-refractivity contribution is 6.30. The molecule has 0 spiro atoms. The molecule has 5 heteroatoms. The quantitative estimate of drug-likeness (QED) is 0.472. The number of anilines is 2. The van der Waals surface area contributed by atoms with E-state index in [1.807, 2.05) is 42.5 Å². The lowest BCUT2D eigenvalue weighted by molar-refractivity contribution is 1.01. The van der Waals surface area contributed by atoms with Gasteiger partial charge in [0.05, 0.1) is 5.52 Å². The molecular formula is C22H19ClN4. The Hall–Kier alpha value is -3.11. The molecule has 3 aromatic carbocycles. The number of benzene rings is 3. The number of rotatable bonds is 5. The predicted octanol–water partition coefficient (Wildman–Crippen LogP) is 5.19. The fourth-order valence-electron chi connectivity index (χ4n) is 3.05. The molecule has 0 aliphatic heterocycles. The van der Waals surface area contributed by atoms with Gasteiger partial charge in [0.1, 0.15) is 12.1 Å². The molecule has 0 atom stereocenters. The van der Waals surface area contributed by atoms with Crippen molar-refractivity contribution in [1.29, 1.82) is 0 Å². The number of hydrogen-bond acceptors (Lipinski definition) is 4. The maximum atomic E-state index is 5.95. The van der Waals surface area contributed by atoms with Crippen molar-refractivity contribution in [3.05, 3.63) is 83.6 Å². The van der Waals surface area contributed by atoms with E-state index in [0.29, 0.717) is 5.69 Å². The molecular weight excluding hydrogens is 356 g/mol. The molecule has 1 heterocycles. The van der Waals surface area contributed by atoms with Gasteiger partial charge in [0, 0.05) is 22.6 Å². The molecule has 1 aromatic heterocycles. The monoisotopic (exact) mass is 374 g/mol. The first kappa shape index (κ1) is 17.3. The first-order chi connectivity index (χ1) is 13.2. The second-order valence-electron chi connectivity index (χ2n) is 6.38. The molecule has 4 aromatic rings. The molecule has 27 heavy (non-hydrogen) atoms. The highest BCUT2D eigenvalue weighted by Gasteiger charge is 2.04. The van der Waals surface area contributed by atoms with Crippen molar-refractivity contribution in [2.45, 2.75) is 6.42 Å². The van der Waals surface area contributed by atoms with Gasteiger partial charge in [-0.05, 0) is 53.4 Å². The van der Waals surface area contributed by atoms with Crippen molar-refractivity contribution in [2.75, 3.05) is 17.6 Å². The molecule has 134 valence electrons. The third-order valence-electron chi connectivity index (χ3n) is 4.50. The van der Waals surface area contributed by atoms with E-state index in [0.717, 1.165) is 40.3 Å². The van der Waals surface area contributed by atoms with Crippen LogP contribution in [0.25, 0.3) is 22.0 Å². The van der Waals surface area contributed by atoms with Crippen LogP contribution in [0, 0.1) is 0 Å². The standard InChI is InChI=1S/C22H19ClN4/c23-18-7-5-17(6-8-18)16-3-1-15(2-4-16)11-12-25-22-20-13-19(24)9-10-21(20)26-14-27-22/h1-10,13-14H,11-12,24H2,(H,25,26,27). The van der Waals surface area contributed by atoms with Gasteiger partial charge in [-0.3, -0.25) is 0 Å². The van der Waals surface area contributed by atoms with Crippen LogP contribution in [0.15, 0.2) is 73.1 Å². The summed E-state index contributed by atoms with van der Waals surface area (Å²) in [7, 11) is 0. The van der Waals surface area contributed by atoms with Gasteiger partial charge in [0.2, 0.25) is 0 Å². The molecule has 0 saturated heterocycles. The van der Waals surface area contributed by atoms with Crippen LogP contribution in [0.2, 0.25) is 5.02 Å². The topological polar surface area (TPSA) is 63.8 Å². The molecule has 0 aliphatic rings. The number of fused-ring (bicyclic) bond motifs is 1. The molecule has 0 radical (unpaired) electrons. The van der Waals surface area contributed by atoms with E-state index >= 15 is 0 Å². The van der Waals surface area contributed by atoms with Crippen molar-refractivity contribution >= 4 is 34.0 Å². The Morgan fingerprint density at radius 2 is 1.56 bits per heavy atom. The van der Waals surface area contributed by atoms with Gasteiger partial charge < -0.3 is 11.1 Å². The second-order valence-corrected chi connectivity index (χ2v) is 6.82. The van der Waals surface area contributed by atoms with Gasteiger partial charge in [-0.25, -0.2) is 9.97 Å². The molecule has 0 bridgehead atoms. The normalized spacial score (nSPS) is 10.9. The van der Waals surface area contributed by atoms with Crippen LogP contribution < -0.4 is 11.1 Å². The molecule has 3 N–H and O–H groups in total. The molecule has 0 fully saturated rings. The SMILES string of the molecule is Nc1ccc2ncnc(NCCc3ccc(-c4ccc(Cl)cc4)cc3)c2c1. The zero-order valence-corrected chi connectivity index (χ0v) is 15.4. The highest BCUT2D eigenvalue weighted by atomic mass is 35.5. The molecule has 0 amide bonds. The van der Waals surface area contributed by atoms with Crippen molar-refractivity contribution in [1.82, 2.24) is 9.97 Å². The largest absolute Gasteiger partial charge is 0.399 e. The van der Waals surface area contributed by atoms with Crippen LogP contribution >= 0.6 is 11.6 Å². The summed E-state index contributed by atoms with van der Waals surface area (Å²) in [6, 6.07) is 22.1. The van der Waals surface area contributed by atoms with Gasteiger partial charge >= 0.3 is 0 Å². The Labute approximate surface area is 163 Å². The lowest BCUT2D eigenvalue weighted by Gasteiger charge is -2.09. The Bertz CT molecular complexity index is 1060. The molecule has 0 saturated carbocycles. The number of nitrogens with zero attached hydrogens (tertiary/aromatic N) is 2. The molecule has 0 unspecified atom stereocenters. The van der Waals surface area contributed by atoms with E-state index in [9.17, 15) is 0 Å². The summed E-state index contributed by atoms with van der Waals surface area (Å²) in [5.41, 5.74) is 11.1. The van der Waals surface area contributed by atoms with E-state index < -0.39 is 0 Å². The smallest absolute Gasteiger partial charge is 0.137 e. The zero-order chi connectivity index (χ0) is 18.6. The number of hydrogen-bond donors (Lipinski definition) is 2. The average molecular weight is 375 g/mol. The first-order valence-corrected chi connectivity index (χ1v) is 9.16. The van der Waals surface area contributed by atoms with E-state index in [1.165, 1.54) is 11.1 Å². The van der Waals surface area contributed by atoms with E-state index in [2.05, 4.69) is 39.6 Å². The van der Waals surface area contributed by atoms with Crippen molar-refractivity contribution < 1.29 is 0 Å². The van der Waals surface area contributed by atoms with Gasteiger partial charge in [-0.15, -0.1) is 0 Å². The molecule has 0 aliphatic carbocycles. The molecule has 4 rings (SSSR count). The van der Waals surface area contributed by atoms with Crippen LogP contribution in [0.4, 0.5) is 11.5 Å².